The van der Waals surface area contributed by atoms with Crippen molar-refractivity contribution in [2.45, 2.75) is 22.5 Å². The Labute approximate surface area is 128 Å². The summed E-state index contributed by atoms with van der Waals surface area (Å²) in [4.78, 5) is 1.33. The first-order chi connectivity index (χ1) is 9.29. The van der Waals surface area contributed by atoms with Crippen molar-refractivity contribution in [3.8, 4) is 0 Å². The average molecular weight is 331 g/mol. The summed E-state index contributed by atoms with van der Waals surface area (Å²) in [5.41, 5.74) is 1.92. The van der Waals surface area contributed by atoms with Crippen LogP contribution in [0.15, 0.2) is 34.1 Å². The molecule has 1 aromatic heterocycles. The molecule has 0 radical (unpaired) electrons. The number of nitrogens with zero attached hydrogens (tertiary/aromatic N) is 2. The third kappa shape index (κ3) is 3.37. The van der Waals surface area contributed by atoms with E-state index < -0.39 is 9.84 Å². The highest BCUT2D eigenvalue weighted by molar-refractivity contribution is 7.98. The van der Waals surface area contributed by atoms with Crippen LogP contribution < -0.4 is 0 Å². The van der Waals surface area contributed by atoms with Crippen molar-refractivity contribution >= 4 is 33.2 Å². The highest BCUT2D eigenvalue weighted by Gasteiger charge is 2.12. The van der Waals surface area contributed by atoms with Gasteiger partial charge in [0.25, 0.3) is 0 Å². The van der Waals surface area contributed by atoms with Crippen molar-refractivity contribution in [2.75, 3.05) is 6.26 Å². The first-order valence-corrected chi connectivity index (χ1v) is 9.15. The molecule has 0 bridgehead atoms. The van der Waals surface area contributed by atoms with Crippen LogP contribution in [0.5, 0.6) is 0 Å². The van der Waals surface area contributed by atoms with Crippen LogP contribution in [-0.2, 0) is 22.6 Å². The van der Waals surface area contributed by atoms with Crippen molar-refractivity contribution in [3.05, 3.63) is 40.7 Å². The molecular formula is C13H15ClN2O2S2. The third-order valence-corrected chi connectivity index (χ3v) is 5.54. The molecule has 0 aliphatic rings. The lowest BCUT2D eigenvalue weighted by atomic mass is 10.3. The van der Waals surface area contributed by atoms with Gasteiger partial charge in [-0.3, -0.25) is 4.68 Å². The van der Waals surface area contributed by atoms with Crippen LogP contribution in [0.4, 0.5) is 0 Å². The maximum Gasteiger partial charge on any atom is 0.175 e. The van der Waals surface area contributed by atoms with Crippen LogP contribution in [0.2, 0.25) is 5.15 Å². The molecule has 0 amide bonds. The van der Waals surface area contributed by atoms with Crippen molar-refractivity contribution < 1.29 is 8.42 Å². The van der Waals surface area contributed by atoms with E-state index in [2.05, 4.69) is 5.10 Å². The van der Waals surface area contributed by atoms with Crippen molar-refractivity contribution in [2.24, 2.45) is 7.05 Å². The highest BCUT2D eigenvalue weighted by atomic mass is 35.5. The molecule has 2 rings (SSSR count). The molecule has 7 heteroatoms. The number of benzene rings is 1. The van der Waals surface area contributed by atoms with E-state index >= 15 is 0 Å². The Kier molecular flexibility index (Phi) is 4.46. The number of hydrogen-bond acceptors (Lipinski definition) is 4. The Morgan fingerprint density at radius 3 is 2.35 bits per heavy atom. The highest BCUT2D eigenvalue weighted by Crippen LogP contribution is 2.29. The smallest absolute Gasteiger partial charge is 0.175 e. The lowest BCUT2D eigenvalue weighted by Gasteiger charge is -2.03. The summed E-state index contributed by atoms with van der Waals surface area (Å²) in [6.45, 7) is 1.93. The van der Waals surface area contributed by atoms with E-state index in [0.717, 1.165) is 16.2 Å². The van der Waals surface area contributed by atoms with Gasteiger partial charge in [0.05, 0.1) is 10.6 Å². The molecule has 0 saturated heterocycles. The van der Waals surface area contributed by atoms with Gasteiger partial charge in [0, 0.05) is 29.5 Å². The van der Waals surface area contributed by atoms with Gasteiger partial charge in [-0.2, -0.15) is 5.10 Å². The van der Waals surface area contributed by atoms with Gasteiger partial charge in [0.2, 0.25) is 0 Å². The SMILES string of the molecule is Cc1nn(C)c(Cl)c1CSc1ccc(S(C)(=O)=O)cc1. The van der Waals surface area contributed by atoms with Crippen LogP contribution in [0.3, 0.4) is 0 Å². The zero-order valence-electron chi connectivity index (χ0n) is 11.4. The van der Waals surface area contributed by atoms with Gasteiger partial charge in [0.1, 0.15) is 5.15 Å². The number of aromatic nitrogens is 2. The fourth-order valence-electron chi connectivity index (χ4n) is 1.78. The number of sulfone groups is 1. The summed E-state index contributed by atoms with van der Waals surface area (Å²) < 4.78 is 24.4. The number of rotatable bonds is 4. The van der Waals surface area contributed by atoms with Crippen LogP contribution in [-0.4, -0.2) is 24.5 Å². The van der Waals surface area contributed by atoms with E-state index in [1.165, 1.54) is 6.26 Å². The Balaban J connectivity index is 2.12. The van der Waals surface area contributed by atoms with E-state index in [1.54, 1.807) is 40.7 Å². The van der Waals surface area contributed by atoms with Crippen molar-refractivity contribution in [1.29, 1.82) is 0 Å². The molecule has 1 aromatic carbocycles. The molecular weight excluding hydrogens is 316 g/mol. The van der Waals surface area contributed by atoms with Crippen LogP contribution in [0.1, 0.15) is 11.3 Å². The maximum atomic E-state index is 11.4. The number of halogens is 1. The molecule has 0 atom stereocenters. The first kappa shape index (κ1) is 15.4. The van der Waals surface area contributed by atoms with Crippen molar-refractivity contribution in [1.82, 2.24) is 9.78 Å². The minimum absolute atomic E-state index is 0.331. The van der Waals surface area contributed by atoms with Gasteiger partial charge < -0.3 is 0 Å². The van der Waals surface area contributed by atoms with E-state index in [4.69, 9.17) is 11.6 Å². The summed E-state index contributed by atoms with van der Waals surface area (Å²) in [6, 6.07) is 6.85. The summed E-state index contributed by atoms with van der Waals surface area (Å²) in [7, 11) is -1.33. The largest absolute Gasteiger partial charge is 0.257 e. The van der Waals surface area contributed by atoms with Gasteiger partial charge >= 0.3 is 0 Å². The first-order valence-electron chi connectivity index (χ1n) is 5.90. The monoisotopic (exact) mass is 330 g/mol. The van der Waals surface area contributed by atoms with E-state index in [0.29, 0.717) is 15.8 Å². The Bertz CT molecular complexity index is 722. The zero-order valence-corrected chi connectivity index (χ0v) is 13.8. The van der Waals surface area contributed by atoms with E-state index in [-0.39, 0.29) is 0 Å². The quantitative estimate of drug-likeness (QED) is 0.808. The minimum Gasteiger partial charge on any atom is -0.257 e. The second kappa shape index (κ2) is 5.79. The lowest BCUT2D eigenvalue weighted by molar-refractivity contribution is 0.602. The minimum atomic E-state index is -3.14. The zero-order chi connectivity index (χ0) is 14.9. The van der Waals surface area contributed by atoms with Gasteiger partial charge in [0.15, 0.2) is 9.84 Å². The molecule has 0 aliphatic heterocycles. The van der Waals surface area contributed by atoms with Gasteiger partial charge in [-0.25, -0.2) is 8.42 Å². The van der Waals surface area contributed by atoms with Crippen LogP contribution in [0.25, 0.3) is 0 Å². The summed E-state index contributed by atoms with van der Waals surface area (Å²) in [5, 5.41) is 4.90. The van der Waals surface area contributed by atoms with E-state index in [9.17, 15) is 8.42 Å². The molecule has 0 unspecified atom stereocenters. The molecule has 0 fully saturated rings. The molecule has 0 aliphatic carbocycles. The average Bonchev–Trinajstić information content (AvgIpc) is 2.61. The third-order valence-electron chi connectivity index (χ3n) is 2.90. The second-order valence-corrected chi connectivity index (χ2v) is 7.93. The summed E-state index contributed by atoms with van der Waals surface area (Å²) in [6.07, 6.45) is 1.20. The molecule has 108 valence electrons. The lowest BCUT2D eigenvalue weighted by Crippen LogP contribution is -1.96. The van der Waals surface area contributed by atoms with Crippen LogP contribution >= 0.6 is 23.4 Å². The molecule has 20 heavy (non-hydrogen) atoms. The Hall–Kier alpha value is -0.980. The number of aryl methyl sites for hydroxylation is 2. The topological polar surface area (TPSA) is 52.0 Å². The molecule has 0 N–H and O–H groups in total. The molecule has 4 nitrogen and oxygen atoms in total. The Morgan fingerprint density at radius 1 is 1.30 bits per heavy atom. The normalized spacial score (nSPS) is 11.8. The summed E-state index contributed by atoms with van der Waals surface area (Å²) >= 11 is 7.78. The van der Waals surface area contributed by atoms with E-state index in [1.807, 2.05) is 14.0 Å². The molecule has 0 saturated carbocycles. The van der Waals surface area contributed by atoms with Gasteiger partial charge in [-0.1, -0.05) is 11.6 Å². The fourth-order valence-corrected chi connectivity index (χ4v) is 3.71. The van der Waals surface area contributed by atoms with Crippen LogP contribution in [0, 0.1) is 6.92 Å². The predicted molar refractivity (Wildman–Crippen MR) is 82.1 cm³/mol. The predicted octanol–water partition coefficient (Wildman–Crippen LogP) is 3.08. The Morgan fingerprint density at radius 2 is 1.90 bits per heavy atom. The summed E-state index contributed by atoms with van der Waals surface area (Å²) in [5.74, 6) is 0.705. The van der Waals surface area contributed by atoms with Gasteiger partial charge in [-0.15, -0.1) is 11.8 Å². The standard InChI is InChI=1S/C13H15ClN2O2S2/c1-9-12(13(14)16(2)15-9)8-19-10-4-6-11(7-5-10)20(3,17)18/h4-7H,8H2,1-3H3. The number of hydrogen-bond donors (Lipinski definition) is 0. The molecule has 0 spiro atoms. The molecule has 1 heterocycles. The van der Waals surface area contributed by atoms with Crippen molar-refractivity contribution in [3.63, 3.8) is 0 Å². The molecule has 2 aromatic rings. The number of thioether (sulfide) groups is 1. The fraction of sp³-hybridized carbons (Fsp3) is 0.308. The second-order valence-electron chi connectivity index (χ2n) is 4.51. The maximum absolute atomic E-state index is 11.4. The van der Waals surface area contributed by atoms with Gasteiger partial charge in [-0.05, 0) is 31.2 Å².